The molecule has 0 saturated heterocycles. The van der Waals surface area contributed by atoms with E-state index in [1.807, 2.05) is 13.8 Å². The highest BCUT2D eigenvalue weighted by Gasteiger charge is 2.28. The number of esters is 1. The number of halogens is 1. The molecular weight excluding hydrogens is 407 g/mol. The van der Waals surface area contributed by atoms with Crippen LogP contribution in [0, 0.1) is 12.7 Å². The Morgan fingerprint density at radius 1 is 1.20 bits per heavy atom. The number of carbonyl (C=O) groups is 3. The molecule has 160 valence electrons. The first-order chi connectivity index (χ1) is 14.3. The van der Waals surface area contributed by atoms with Crippen LogP contribution in [0.5, 0.6) is 0 Å². The molecule has 0 atom stereocenters. The largest absolute Gasteiger partial charge is 0.462 e. The van der Waals surface area contributed by atoms with Crippen molar-refractivity contribution in [1.29, 1.82) is 0 Å². The van der Waals surface area contributed by atoms with E-state index >= 15 is 0 Å². The van der Waals surface area contributed by atoms with E-state index in [1.54, 1.807) is 30.9 Å². The van der Waals surface area contributed by atoms with Crippen LogP contribution in [0.25, 0.3) is 6.08 Å². The average Bonchev–Trinajstić information content (AvgIpc) is 3.03. The molecule has 0 spiro atoms. The van der Waals surface area contributed by atoms with Crippen molar-refractivity contribution in [3.05, 3.63) is 57.7 Å². The maximum Gasteiger partial charge on any atom is 0.341 e. The SMILES string of the molecule is CCOC(=O)c1c(NC(=O)/C=C/c2cccc(F)c2)sc(C(=O)N(CC)CC)c1C. The van der Waals surface area contributed by atoms with Gasteiger partial charge in [-0.05, 0) is 57.0 Å². The highest BCUT2D eigenvalue weighted by Crippen LogP contribution is 2.34. The molecule has 0 aliphatic carbocycles. The third-order valence-corrected chi connectivity index (χ3v) is 5.58. The normalized spacial score (nSPS) is 10.8. The monoisotopic (exact) mass is 432 g/mol. The third-order valence-electron chi connectivity index (χ3n) is 4.38. The second-order valence-corrected chi connectivity index (χ2v) is 7.36. The number of ether oxygens (including phenoxy) is 1. The topological polar surface area (TPSA) is 75.7 Å². The summed E-state index contributed by atoms with van der Waals surface area (Å²) in [5.74, 6) is -1.72. The number of nitrogens with one attached hydrogen (secondary N) is 1. The van der Waals surface area contributed by atoms with Gasteiger partial charge in [0.1, 0.15) is 10.8 Å². The predicted molar refractivity (Wildman–Crippen MR) is 116 cm³/mol. The standard InChI is InChI=1S/C22H25FN2O4S/c1-5-25(6-2)21(27)19-14(4)18(22(28)29-7-3)20(30-19)24-17(26)12-11-15-9-8-10-16(23)13-15/h8-13H,5-7H2,1-4H3,(H,24,26)/b12-11+. The zero-order valence-corrected chi connectivity index (χ0v) is 18.3. The summed E-state index contributed by atoms with van der Waals surface area (Å²) in [6.45, 7) is 8.31. The summed E-state index contributed by atoms with van der Waals surface area (Å²) in [4.78, 5) is 39.7. The molecule has 2 rings (SSSR count). The first-order valence-corrected chi connectivity index (χ1v) is 10.5. The lowest BCUT2D eigenvalue weighted by Gasteiger charge is -2.18. The van der Waals surface area contributed by atoms with Gasteiger partial charge in [0, 0.05) is 19.2 Å². The second kappa shape index (κ2) is 10.7. The molecule has 1 aromatic heterocycles. The van der Waals surface area contributed by atoms with Gasteiger partial charge < -0.3 is 15.0 Å². The molecule has 30 heavy (non-hydrogen) atoms. The smallest absolute Gasteiger partial charge is 0.341 e. The number of hydrogen-bond donors (Lipinski definition) is 1. The van der Waals surface area contributed by atoms with E-state index in [2.05, 4.69) is 5.32 Å². The van der Waals surface area contributed by atoms with E-state index < -0.39 is 17.7 Å². The minimum atomic E-state index is -0.603. The van der Waals surface area contributed by atoms with E-state index in [9.17, 15) is 18.8 Å². The molecule has 2 amide bonds. The molecule has 0 radical (unpaired) electrons. The van der Waals surface area contributed by atoms with Crippen LogP contribution in [-0.2, 0) is 9.53 Å². The molecule has 0 bridgehead atoms. The predicted octanol–water partition coefficient (Wildman–Crippen LogP) is 4.51. The number of anilines is 1. The lowest BCUT2D eigenvalue weighted by Crippen LogP contribution is -2.30. The van der Waals surface area contributed by atoms with Gasteiger partial charge >= 0.3 is 5.97 Å². The van der Waals surface area contributed by atoms with E-state index in [0.717, 1.165) is 11.3 Å². The number of thiophene rings is 1. The molecule has 1 aromatic carbocycles. The minimum absolute atomic E-state index is 0.167. The number of amides is 2. The number of rotatable bonds is 8. The average molecular weight is 433 g/mol. The highest BCUT2D eigenvalue weighted by atomic mass is 32.1. The Morgan fingerprint density at radius 3 is 2.50 bits per heavy atom. The lowest BCUT2D eigenvalue weighted by molar-refractivity contribution is -0.111. The highest BCUT2D eigenvalue weighted by molar-refractivity contribution is 7.18. The van der Waals surface area contributed by atoms with Gasteiger partial charge in [0.2, 0.25) is 5.91 Å². The molecule has 0 fully saturated rings. The number of hydrogen-bond acceptors (Lipinski definition) is 5. The van der Waals surface area contributed by atoms with Crippen molar-refractivity contribution in [2.45, 2.75) is 27.7 Å². The first-order valence-electron chi connectivity index (χ1n) is 9.66. The summed E-state index contributed by atoms with van der Waals surface area (Å²) in [6.07, 6.45) is 2.70. The van der Waals surface area contributed by atoms with Crippen LogP contribution in [0.4, 0.5) is 9.39 Å². The fourth-order valence-electron chi connectivity index (χ4n) is 2.84. The van der Waals surface area contributed by atoms with E-state index in [-0.39, 0.29) is 23.1 Å². The summed E-state index contributed by atoms with van der Waals surface area (Å²) in [5, 5.41) is 2.90. The Kier molecular flexibility index (Phi) is 8.29. The summed E-state index contributed by atoms with van der Waals surface area (Å²) in [7, 11) is 0. The Morgan fingerprint density at radius 2 is 1.90 bits per heavy atom. The zero-order chi connectivity index (χ0) is 22.3. The quantitative estimate of drug-likeness (QED) is 0.492. The molecule has 2 aromatic rings. The molecule has 6 nitrogen and oxygen atoms in total. The van der Waals surface area contributed by atoms with E-state index in [0.29, 0.717) is 29.1 Å². The van der Waals surface area contributed by atoms with Gasteiger partial charge in [-0.3, -0.25) is 9.59 Å². The Labute approximate surface area is 179 Å². The van der Waals surface area contributed by atoms with Crippen molar-refractivity contribution in [2.24, 2.45) is 0 Å². The molecule has 1 N–H and O–H groups in total. The molecule has 0 aliphatic rings. The maximum atomic E-state index is 13.3. The third kappa shape index (κ3) is 5.54. The summed E-state index contributed by atoms with van der Waals surface area (Å²) < 4.78 is 18.4. The maximum absolute atomic E-state index is 13.3. The van der Waals surface area contributed by atoms with Crippen molar-refractivity contribution >= 4 is 40.2 Å². The van der Waals surface area contributed by atoms with Crippen LogP contribution in [0.1, 0.15) is 51.9 Å². The Bertz CT molecular complexity index is 964. The van der Waals surface area contributed by atoms with Crippen LogP contribution in [-0.4, -0.2) is 42.4 Å². The summed E-state index contributed by atoms with van der Waals surface area (Å²) in [5.41, 5.74) is 1.17. The van der Waals surface area contributed by atoms with Crippen LogP contribution >= 0.6 is 11.3 Å². The molecule has 0 unspecified atom stereocenters. The van der Waals surface area contributed by atoms with Crippen LogP contribution in [0.2, 0.25) is 0 Å². The van der Waals surface area contributed by atoms with Crippen molar-refractivity contribution in [2.75, 3.05) is 25.0 Å². The van der Waals surface area contributed by atoms with Crippen molar-refractivity contribution < 1.29 is 23.5 Å². The van der Waals surface area contributed by atoms with Gasteiger partial charge in [-0.15, -0.1) is 11.3 Å². The summed E-state index contributed by atoms with van der Waals surface area (Å²) in [6, 6.07) is 5.81. The van der Waals surface area contributed by atoms with Gasteiger partial charge in [-0.25, -0.2) is 9.18 Å². The fourth-order valence-corrected chi connectivity index (χ4v) is 4.01. The van der Waals surface area contributed by atoms with Crippen molar-refractivity contribution in [1.82, 2.24) is 4.90 Å². The second-order valence-electron chi connectivity index (χ2n) is 6.34. The number of benzene rings is 1. The summed E-state index contributed by atoms with van der Waals surface area (Å²) >= 11 is 1.04. The number of carbonyl (C=O) groups excluding carboxylic acids is 3. The van der Waals surface area contributed by atoms with Crippen LogP contribution < -0.4 is 5.32 Å². The molecular formula is C22H25FN2O4S. The van der Waals surface area contributed by atoms with Crippen molar-refractivity contribution in [3.8, 4) is 0 Å². The number of nitrogens with zero attached hydrogens (tertiary/aromatic N) is 1. The van der Waals surface area contributed by atoms with Gasteiger partial charge in [-0.2, -0.15) is 0 Å². The molecule has 1 heterocycles. The van der Waals surface area contributed by atoms with Gasteiger partial charge in [0.05, 0.1) is 17.0 Å². The van der Waals surface area contributed by atoms with E-state index in [1.165, 1.54) is 24.3 Å². The van der Waals surface area contributed by atoms with Gasteiger partial charge in [-0.1, -0.05) is 12.1 Å². The minimum Gasteiger partial charge on any atom is -0.462 e. The zero-order valence-electron chi connectivity index (χ0n) is 17.5. The molecule has 0 aliphatic heterocycles. The Balaban J connectivity index is 2.34. The van der Waals surface area contributed by atoms with Crippen molar-refractivity contribution in [3.63, 3.8) is 0 Å². The first kappa shape index (κ1) is 23.3. The van der Waals surface area contributed by atoms with Gasteiger partial charge in [0.25, 0.3) is 5.91 Å². The van der Waals surface area contributed by atoms with Crippen LogP contribution in [0.3, 0.4) is 0 Å². The van der Waals surface area contributed by atoms with E-state index in [4.69, 9.17) is 4.74 Å². The van der Waals surface area contributed by atoms with Crippen LogP contribution in [0.15, 0.2) is 30.3 Å². The van der Waals surface area contributed by atoms with Gasteiger partial charge in [0.15, 0.2) is 0 Å². The molecule has 8 heteroatoms. The fraction of sp³-hybridized carbons (Fsp3) is 0.318. The lowest BCUT2D eigenvalue weighted by atomic mass is 10.1. The Hall–Kier alpha value is -3.00. The molecule has 0 saturated carbocycles.